The van der Waals surface area contributed by atoms with E-state index >= 15 is 0 Å². The summed E-state index contributed by atoms with van der Waals surface area (Å²) in [4.78, 5) is 4.14. The lowest BCUT2D eigenvalue weighted by Crippen LogP contribution is -2.43. The molecule has 26 heavy (non-hydrogen) atoms. The van der Waals surface area contributed by atoms with E-state index in [2.05, 4.69) is 31.6 Å². The van der Waals surface area contributed by atoms with E-state index in [1.54, 1.807) is 7.05 Å². The van der Waals surface area contributed by atoms with E-state index in [0.717, 1.165) is 21.6 Å². The molecule has 1 saturated heterocycles. The Labute approximate surface area is 178 Å². The summed E-state index contributed by atoms with van der Waals surface area (Å²) in [5, 5.41) is 6.31. The Kier molecular flexibility index (Phi) is 7.53. The molecule has 0 amide bonds. The molecule has 2 N–H and O–H groups in total. The Morgan fingerprint density at radius 3 is 2.62 bits per heavy atom. The summed E-state index contributed by atoms with van der Waals surface area (Å²) in [6.07, 6.45) is 0.609. The van der Waals surface area contributed by atoms with Crippen molar-refractivity contribution < 1.29 is 12.8 Å². The average Bonchev–Trinajstić information content (AvgIpc) is 3.18. The molecular formula is C17H21BrIN3O3S. The van der Waals surface area contributed by atoms with Gasteiger partial charge in [0.25, 0.3) is 0 Å². The molecule has 0 bridgehead atoms. The first-order valence-corrected chi connectivity index (χ1v) is 10.6. The van der Waals surface area contributed by atoms with Crippen LogP contribution in [0.2, 0.25) is 0 Å². The monoisotopic (exact) mass is 553 g/mol. The van der Waals surface area contributed by atoms with E-state index in [9.17, 15) is 8.42 Å². The summed E-state index contributed by atoms with van der Waals surface area (Å²) in [6, 6.07) is 11.7. The van der Waals surface area contributed by atoms with Gasteiger partial charge in [0, 0.05) is 23.1 Å². The third kappa shape index (κ3) is 5.71. The van der Waals surface area contributed by atoms with Crippen LogP contribution >= 0.6 is 39.9 Å². The van der Waals surface area contributed by atoms with Crippen LogP contribution in [-0.2, 0) is 16.4 Å². The molecule has 1 aliphatic rings. The lowest BCUT2D eigenvalue weighted by molar-refractivity contribution is 0.512. The maximum atomic E-state index is 11.5. The smallest absolute Gasteiger partial charge is 0.191 e. The Morgan fingerprint density at radius 2 is 2.00 bits per heavy atom. The van der Waals surface area contributed by atoms with Crippen molar-refractivity contribution in [1.82, 2.24) is 10.6 Å². The first kappa shape index (κ1) is 21.2. The quantitative estimate of drug-likeness (QED) is 0.345. The predicted octanol–water partition coefficient (Wildman–Crippen LogP) is 3.18. The van der Waals surface area contributed by atoms with Crippen molar-refractivity contribution in [3.63, 3.8) is 0 Å². The van der Waals surface area contributed by atoms with E-state index in [-0.39, 0.29) is 41.5 Å². The van der Waals surface area contributed by atoms with Crippen LogP contribution in [0.25, 0.3) is 11.3 Å². The molecule has 0 saturated carbocycles. The van der Waals surface area contributed by atoms with Crippen LogP contribution < -0.4 is 10.6 Å². The summed E-state index contributed by atoms with van der Waals surface area (Å²) in [5.74, 6) is 2.54. The number of halogens is 2. The fourth-order valence-corrected chi connectivity index (χ4v) is 4.65. The second-order valence-corrected chi connectivity index (χ2v) is 9.09. The number of aliphatic imine (C=N–C) groups is 1. The first-order chi connectivity index (χ1) is 11.9. The second-order valence-electron chi connectivity index (χ2n) is 5.94. The molecule has 2 aromatic rings. The van der Waals surface area contributed by atoms with Crippen LogP contribution in [0.1, 0.15) is 12.2 Å². The van der Waals surface area contributed by atoms with Crippen molar-refractivity contribution in [3.05, 3.63) is 46.6 Å². The maximum Gasteiger partial charge on any atom is 0.191 e. The van der Waals surface area contributed by atoms with E-state index in [4.69, 9.17) is 4.42 Å². The highest BCUT2D eigenvalue weighted by Gasteiger charge is 2.28. The van der Waals surface area contributed by atoms with Crippen LogP contribution in [0.4, 0.5) is 0 Å². The van der Waals surface area contributed by atoms with Crippen molar-refractivity contribution in [2.75, 3.05) is 18.6 Å². The van der Waals surface area contributed by atoms with Crippen LogP contribution in [0.5, 0.6) is 0 Å². The van der Waals surface area contributed by atoms with Gasteiger partial charge in [-0.3, -0.25) is 4.99 Å². The summed E-state index contributed by atoms with van der Waals surface area (Å²) in [5.41, 5.74) is 1.01. The minimum absolute atomic E-state index is 0. The number of guanidine groups is 1. The predicted molar refractivity (Wildman–Crippen MR) is 118 cm³/mol. The zero-order chi connectivity index (χ0) is 17.9. The lowest BCUT2D eigenvalue weighted by Gasteiger charge is -2.15. The molecule has 0 radical (unpaired) electrons. The van der Waals surface area contributed by atoms with Gasteiger partial charge in [-0.25, -0.2) is 8.42 Å². The molecule has 3 rings (SSSR count). The molecule has 6 nitrogen and oxygen atoms in total. The summed E-state index contributed by atoms with van der Waals surface area (Å²) < 4.78 is 29.9. The van der Waals surface area contributed by atoms with Gasteiger partial charge in [-0.1, -0.05) is 28.1 Å². The number of hydrogen-bond acceptors (Lipinski definition) is 4. The van der Waals surface area contributed by atoms with Gasteiger partial charge in [0.05, 0.1) is 18.1 Å². The Balaban J connectivity index is 0.00000243. The minimum Gasteiger partial charge on any atom is -0.459 e. The third-order valence-electron chi connectivity index (χ3n) is 4.02. The first-order valence-electron chi connectivity index (χ1n) is 7.97. The van der Waals surface area contributed by atoms with E-state index in [1.807, 2.05) is 36.4 Å². The summed E-state index contributed by atoms with van der Waals surface area (Å²) in [6.45, 7) is 0.468. The van der Waals surface area contributed by atoms with Gasteiger partial charge in [-0.2, -0.15) is 0 Å². The molecule has 1 unspecified atom stereocenters. The molecule has 2 heterocycles. The molecule has 1 fully saturated rings. The van der Waals surface area contributed by atoms with E-state index in [1.165, 1.54) is 0 Å². The molecule has 0 aliphatic carbocycles. The van der Waals surface area contributed by atoms with Crippen molar-refractivity contribution in [3.8, 4) is 11.3 Å². The van der Waals surface area contributed by atoms with Gasteiger partial charge < -0.3 is 15.1 Å². The van der Waals surface area contributed by atoms with Crippen LogP contribution in [0.15, 0.2) is 50.3 Å². The highest BCUT2D eigenvalue weighted by molar-refractivity contribution is 14.0. The fourth-order valence-electron chi connectivity index (χ4n) is 2.71. The zero-order valence-electron chi connectivity index (χ0n) is 14.2. The van der Waals surface area contributed by atoms with Crippen LogP contribution in [0.3, 0.4) is 0 Å². The van der Waals surface area contributed by atoms with Gasteiger partial charge in [-0.15, -0.1) is 24.0 Å². The van der Waals surface area contributed by atoms with Gasteiger partial charge in [-0.05, 0) is 30.7 Å². The molecule has 1 aromatic heterocycles. The number of rotatable bonds is 4. The number of hydrogen-bond donors (Lipinski definition) is 2. The highest BCUT2D eigenvalue weighted by Crippen LogP contribution is 2.23. The molecular weight excluding hydrogens is 533 g/mol. The minimum atomic E-state index is -2.91. The molecule has 9 heteroatoms. The number of furan rings is 1. The lowest BCUT2D eigenvalue weighted by atomic mass is 10.2. The second kappa shape index (κ2) is 9.23. The number of sulfone groups is 1. The van der Waals surface area contributed by atoms with Crippen LogP contribution in [0, 0.1) is 0 Å². The normalized spacial score (nSPS) is 19.0. The van der Waals surface area contributed by atoms with Crippen molar-refractivity contribution in [1.29, 1.82) is 0 Å². The topological polar surface area (TPSA) is 83.7 Å². The number of nitrogens with zero attached hydrogens (tertiary/aromatic N) is 1. The van der Waals surface area contributed by atoms with Crippen molar-refractivity contribution in [2.24, 2.45) is 4.99 Å². The van der Waals surface area contributed by atoms with Gasteiger partial charge in [0.15, 0.2) is 15.8 Å². The van der Waals surface area contributed by atoms with Crippen molar-refractivity contribution in [2.45, 2.75) is 19.0 Å². The molecule has 1 aromatic carbocycles. The Bertz CT molecular complexity index is 866. The maximum absolute atomic E-state index is 11.5. The molecule has 0 spiro atoms. The SMILES string of the molecule is CN=C(NCc1ccc(-c2ccc(Br)cc2)o1)NC1CCS(=O)(=O)C1.I. The molecule has 1 aliphatic heterocycles. The van der Waals surface area contributed by atoms with Gasteiger partial charge >= 0.3 is 0 Å². The summed E-state index contributed by atoms with van der Waals surface area (Å²) in [7, 11) is -1.25. The number of nitrogens with one attached hydrogen (secondary N) is 2. The largest absolute Gasteiger partial charge is 0.459 e. The van der Waals surface area contributed by atoms with Crippen molar-refractivity contribution >= 4 is 55.7 Å². The molecule has 142 valence electrons. The average molecular weight is 554 g/mol. The zero-order valence-corrected chi connectivity index (χ0v) is 19.0. The van der Waals surface area contributed by atoms with Crippen LogP contribution in [-0.4, -0.2) is 39.0 Å². The standard InChI is InChI=1S/C17H20BrN3O3S.HI/c1-19-17(21-14-8-9-25(22,23)11-14)20-10-15-6-7-16(24-15)12-2-4-13(18)5-3-12;/h2-7,14H,8-11H2,1H3,(H2,19,20,21);1H. The Hall–Kier alpha value is -1.07. The Morgan fingerprint density at radius 1 is 1.27 bits per heavy atom. The number of benzene rings is 1. The van der Waals surface area contributed by atoms with Gasteiger partial charge in [0.2, 0.25) is 0 Å². The summed E-state index contributed by atoms with van der Waals surface area (Å²) >= 11 is 3.42. The fraction of sp³-hybridized carbons (Fsp3) is 0.353. The van der Waals surface area contributed by atoms with E-state index in [0.29, 0.717) is 18.9 Å². The van der Waals surface area contributed by atoms with E-state index < -0.39 is 9.84 Å². The molecule has 1 atom stereocenters. The third-order valence-corrected chi connectivity index (χ3v) is 6.31. The van der Waals surface area contributed by atoms with Gasteiger partial charge in [0.1, 0.15) is 11.5 Å². The highest BCUT2D eigenvalue weighted by atomic mass is 127.